The molecule has 0 spiro atoms. The third-order valence-electron chi connectivity index (χ3n) is 4.01. The molecule has 2 N–H and O–H groups in total. The van der Waals surface area contributed by atoms with Crippen LogP contribution >= 0.6 is 11.6 Å². The van der Waals surface area contributed by atoms with Crippen molar-refractivity contribution in [2.24, 2.45) is 0 Å². The highest BCUT2D eigenvalue weighted by Crippen LogP contribution is 2.22. The molecule has 30 heavy (non-hydrogen) atoms. The number of anilines is 1. The standard InChI is InChI=1S/C20H17ClN2O6S/c1-28-20(25)18-10-7-14(29-18)12-22-30(26,27)15-8-9-17(21)16(11-15)19(24)23-13-5-3-2-4-6-13/h2-11,22H,12H2,1H3,(H,23,24). The summed E-state index contributed by atoms with van der Waals surface area (Å²) in [7, 11) is -2.78. The molecule has 0 aliphatic carbocycles. The van der Waals surface area contributed by atoms with Crippen molar-refractivity contribution in [2.45, 2.75) is 11.4 Å². The maximum absolute atomic E-state index is 12.6. The smallest absolute Gasteiger partial charge is 0.373 e. The highest BCUT2D eigenvalue weighted by atomic mass is 35.5. The van der Waals surface area contributed by atoms with Gasteiger partial charge in [-0.3, -0.25) is 4.79 Å². The van der Waals surface area contributed by atoms with E-state index in [0.29, 0.717) is 5.69 Å². The number of hydrogen-bond acceptors (Lipinski definition) is 6. The molecule has 0 bridgehead atoms. The van der Waals surface area contributed by atoms with Crippen LogP contribution in [-0.4, -0.2) is 27.4 Å². The van der Waals surface area contributed by atoms with Gasteiger partial charge in [0, 0.05) is 5.69 Å². The number of halogens is 1. The molecule has 1 heterocycles. The minimum absolute atomic E-state index is 0.00868. The van der Waals surface area contributed by atoms with E-state index >= 15 is 0 Å². The second-order valence-electron chi connectivity index (χ2n) is 6.04. The van der Waals surface area contributed by atoms with E-state index in [9.17, 15) is 18.0 Å². The maximum Gasteiger partial charge on any atom is 0.373 e. The van der Waals surface area contributed by atoms with Gasteiger partial charge < -0.3 is 14.5 Å². The lowest BCUT2D eigenvalue weighted by atomic mass is 10.2. The molecule has 156 valence electrons. The number of ether oxygens (including phenoxy) is 1. The molecular weight excluding hydrogens is 432 g/mol. The minimum Gasteiger partial charge on any atom is -0.463 e. The predicted octanol–water partition coefficient (Wildman–Crippen LogP) is 3.45. The fraction of sp³-hybridized carbons (Fsp3) is 0.100. The average Bonchev–Trinajstić information content (AvgIpc) is 3.22. The molecule has 0 atom stereocenters. The van der Waals surface area contributed by atoms with Gasteiger partial charge in [-0.15, -0.1) is 0 Å². The molecular formula is C20H17ClN2O6S. The van der Waals surface area contributed by atoms with E-state index in [1.165, 1.54) is 37.4 Å². The van der Waals surface area contributed by atoms with Gasteiger partial charge in [0.2, 0.25) is 15.8 Å². The van der Waals surface area contributed by atoms with Crippen molar-refractivity contribution in [3.8, 4) is 0 Å². The first kappa shape index (κ1) is 21.6. The topological polar surface area (TPSA) is 115 Å². The molecule has 0 radical (unpaired) electrons. The van der Waals surface area contributed by atoms with Gasteiger partial charge in [-0.05, 0) is 42.5 Å². The van der Waals surface area contributed by atoms with Gasteiger partial charge in [0.1, 0.15) is 5.76 Å². The fourth-order valence-corrected chi connectivity index (χ4v) is 3.72. The molecule has 2 aromatic carbocycles. The van der Waals surface area contributed by atoms with Crippen LogP contribution in [0, 0.1) is 0 Å². The van der Waals surface area contributed by atoms with E-state index < -0.39 is 21.9 Å². The number of nitrogens with one attached hydrogen (secondary N) is 2. The quantitative estimate of drug-likeness (QED) is 0.535. The molecule has 0 aliphatic rings. The predicted molar refractivity (Wildman–Crippen MR) is 110 cm³/mol. The molecule has 0 unspecified atom stereocenters. The van der Waals surface area contributed by atoms with Crippen LogP contribution in [0.15, 0.2) is 70.0 Å². The average molecular weight is 449 g/mol. The van der Waals surface area contributed by atoms with Crippen LogP contribution in [0.1, 0.15) is 26.7 Å². The number of rotatable bonds is 7. The molecule has 1 amide bonds. The van der Waals surface area contributed by atoms with E-state index in [1.54, 1.807) is 30.3 Å². The first-order chi connectivity index (χ1) is 14.3. The van der Waals surface area contributed by atoms with Crippen molar-refractivity contribution in [3.05, 3.63) is 82.8 Å². The molecule has 1 aromatic heterocycles. The van der Waals surface area contributed by atoms with Gasteiger partial charge >= 0.3 is 5.97 Å². The summed E-state index contributed by atoms with van der Waals surface area (Å²) in [6.45, 7) is -0.201. The minimum atomic E-state index is -3.99. The molecule has 3 rings (SSSR count). The second kappa shape index (κ2) is 9.12. The number of hydrogen-bond donors (Lipinski definition) is 2. The van der Waals surface area contributed by atoms with Crippen LogP contribution < -0.4 is 10.0 Å². The number of furan rings is 1. The summed E-state index contributed by atoms with van der Waals surface area (Å²) in [4.78, 5) is 23.8. The van der Waals surface area contributed by atoms with Gasteiger partial charge in [-0.2, -0.15) is 0 Å². The Hall–Kier alpha value is -3.14. The highest BCUT2D eigenvalue weighted by molar-refractivity contribution is 7.89. The lowest BCUT2D eigenvalue weighted by Crippen LogP contribution is -2.23. The van der Waals surface area contributed by atoms with Crippen LogP contribution in [0.4, 0.5) is 5.69 Å². The van der Waals surface area contributed by atoms with Gasteiger partial charge in [0.15, 0.2) is 0 Å². The number of esters is 1. The molecule has 10 heteroatoms. The van der Waals surface area contributed by atoms with Crippen LogP contribution in [-0.2, 0) is 21.3 Å². The third kappa shape index (κ3) is 5.07. The number of para-hydroxylation sites is 1. The number of amides is 1. The van der Waals surface area contributed by atoms with Crippen molar-refractivity contribution in [3.63, 3.8) is 0 Å². The van der Waals surface area contributed by atoms with Gasteiger partial charge in [0.05, 0.1) is 29.1 Å². The van der Waals surface area contributed by atoms with Crippen LogP contribution in [0.5, 0.6) is 0 Å². The van der Waals surface area contributed by atoms with E-state index in [4.69, 9.17) is 16.0 Å². The second-order valence-corrected chi connectivity index (χ2v) is 8.22. The van der Waals surface area contributed by atoms with Gasteiger partial charge in [-0.1, -0.05) is 29.8 Å². The van der Waals surface area contributed by atoms with Gasteiger partial charge in [-0.25, -0.2) is 17.9 Å². The molecule has 3 aromatic rings. The normalized spacial score (nSPS) is 11.1. The lowest BCUT2D eigenvalue weighted by molar-refractivity contribution is 0.0563. The van der Waals surface area contributed by atoms with Crippen molar-refractivity contribution in [2.75, 3.05) is 12.4 Å². The molecule has 0 saturated heterocycles. The van der Waals surface area contributed by atoms with Crippen molar-refractivity contribution in [1.82, 2.24) is 4.72 Å². The van der Waals surface area contributed by atoms with E-state index in [-0.39, 0.29) is 33.5 Å². The number of methoxy groups -OCH3 is 1. The Bertz CT molecular complexity index is 1180. The Morgan fingerprint density at radius 1 is 1.07 bits per heavy atom. The Morgan fingerprint density at radius 2 is 1.80 bits per heavy atom. The number of carbonyl (C=O) groups excluding carboxylic acids is 2. The fourth-order valence-electron chi connectivity index (χ4n) is 2.50. The zero-order valence-corrected chi connectivity index (χ0v) is 17.3. The third-order valence-corrected chi connectivity index (χ3v) is 5.74. The Labute approximate surface area is 177 Å². The SMILES string of the molecule is COC(=O)c1ccc(CNS(=O)(=O)c2ccc(Cl)c(C(=O)Nc3ccccc3)c2)o1. The Kier molecular flexibility index (Phi) is 6.56. The van der Waals surface area contributed by atoms with Crippen molar-refractivity contribution in [1.29, 1.82) is 0 Å². The Balaban J connectivity index is 1.76. The highest BCUT2D eigenvalue weighted by Gasteiger charge is 2.20. The van der Waals surface area contributed by atoms with E-state index in [1.807, 2.05) is 0 Å². The summed E-state index contributed by atoms with van der Waals surface area (Å²) < 4.78 is 37.4. The van der Waals surface area contributed by atoms with E-state index in [2.05, 4.69) is 14.8 Å². The lowest BCUT2D eigenvalue weighted by Gasteiger charge is -2.10. The van der Waals surface area contributed by atoms with Crippen molar-refractivity contribution >= 4 is 39.2 Å². The molecule has 8 nitrogen and oxygen atoms in total. The van der Waals surface area contributed by atoms with Crippen LogP contribution in [0.2, 0.25) is 5.02 Å². The number of sulfonamides is 1. The number of benzene rings is 2. The van der Waals surface area contributed by atoms with Gasteiger partial charge in [0.25, 0.3) is 5.91 Å². The summed E-state index contributed by atoms with van der Waals surface area (Å²) in [5.74, 6) is -1.04. The summed E-state index contributed by atoms with van der Waals surface area (Å²) in [6.07, 6.45) is 0. The van der Waals surface area contributed by atoms with Crippen molar-refractivity contribution < 1.29 is 27.2 Å². The molecule has 0 fully saturated rings. The largest absolute Gasteiger partial charge is 0.463 e. The summed E-state index contributed by atoms with van der Waals surface area (Å²) in [6, 6.07) is 15.3. The summed E-state index contributed by atoms with van der Waals surface area (Å²) in [5, 5.41) is 2.76. The van der Waals surface area contributed by atoms with Crippen LogP contribution in [0.3, 0.4) is 0 Å². The molecule has 0 aliphatic heterocycles. The summed E-state index contributed by atoms with van der Waals surface area (Å²) in [5.41, 5.74) is 0.554. The summed E-state index contributed by atoms with van der Waals surface area (Å²) >= 11 is 6.09. The Morgan fingerprint density at radius 3 is 2.50 bits per heavy atom. The number of carbonyl (C=O) groups is 2. The monoisotopic (exact) mass is 448 g/mol. The maximum atomic E-state index is 12.6. The first-order valence-corrected chi connectivity index (χ1v) is 10.5. The van der Waals surface area contributed by atoms with Crippen LogP contribution in [0.25, 0.3) is 0 Å². The zero-order valence-electron chi connectivity index (χ0n) is 15.7. The van der Waals surface area contributed by atoms with E-state index in [0.717, 1.165) is 0 Å². The first-order valence-electron chi connectivity index (χ1n) is 8.63. The zero-order chi connectivity index (χ0) is 21.7. The molecule has 0 saturated carbocycles.